The van der Waals surface area contributed by atoms with Gasteiger partial charge in [0.1, 0.15) is 35.0 Å². The van der Waals surface area contributed by atoms with E-state index in [1.807, 2.05) is 18.2 Å². The van der Waals surface area contributed by atoms with Crippen molar-refractivity contribution in [2.75, 3.05) is 11.1 Å². The van der Waals surface area contributed by atoms with Crippen LogP contribution in [0.3, 0.4) is 0 Å². The first-order valence-electron chi connectivity index (χ1n) is 11.7. The number of anilines is 2. The Labute approximate surface area is 226 Å². The molecule has 0 radical (unpaired) electrons. The van der Waals surface area contributed by atoms with E-state index in [-0.39, 0.29) is 34.0 Å². The van der Waals surface area contributed by atoms with Crippen molar-refractivity contribution >= 4 is 34.1 Å². The van der Waals surface area contributed by atoms with Gasteiger partial charge in [0.2, 0.25) is 0 Å². The highest BCUT2D eigenvalue weighted by Gasteiger charge is 2.21. The molecule has 1 atom stereocenters. The average Bonchev–Trinajstić information content (AvgIpc) is 2.93. The molecule has 0 unspecified atom stereocenters. The molecule has 3 heterocycles. The molecule has 0 amide bonds. The minimum absolute atomic E-state index is 0.0796. The third kappa shape index (κ3) is 5.26. The molecular formula is C28H20ClF2N7O. The molecule has 0 aliphatic rings. The van der Waals surface area contributed by atoms with Crippen molar-refractivity contribution < 1.29 is 8.78 Å². The van der Waals surface area contributed by atoms with E-state index in [1.165, 1.54) is 29.2 Å². The number of nitrogens with two attached hydrogens (primary N) is 1. The summed E-state index contributed by atoms with van der Waals surface area (Å²) in [6.45, 7) is 1.81. The van der Waals surface area contributed by atoms with Gasteiger partial charge in [-0.15, -0.1) is 0 Å². The van der Waals surface area contributed by atoms with Gasteiger partial charge in [-0.3, -0.25) is 9.36 Å². The Bertz CT molecular complexity index is 1800. The van der Waals surface area contributed by atoms with Crippen LogP contribution in [0.15, 0.2) is 78.0 Å². The highest BCUT2D eigenvalue weighted by atomic mass is 35.5. The normalized spacial score (nSPS) is 11.7. The van der Waals surface area contributed by atoms with Crippen molar-refractivity contribution in [2.45, 2.75) is 19.4 Å². The fraction of sp³-hybridized carbons (Fsp3) is 0.107. The SMILES string of the molecule is C[C@H](Nc1ncnc(N)c1C#Cc1cc(C(F)F)ccn1)c1nc2cccc(Cl)c2c(=O)n1-c1ccccc1. The largest absolute Gasteiger partial charge is 0.382 e. The highest BCUT2D eigenvalue weighted by Crippen LogP contribution is 2.26. The second kappa shape index (κ2) is 10.8. The fourth-order valence-electron chi connectivity index (χ4n) is 4.00. The van der Waals surface area contributed by atoms with Gasteiger partial charge in [-0.25, -0.2) is 28.7 Å². The van der Waals surface area contributed by atoms with Crippen LogP contribution in [0.4, 0.5) is 20.4 Å². The topological polar surface area (TPSA) is 112 Å². The number of nitrogen functional groups attached to an aromatic ring is 1. The maximum atomic E-state index is 13.7. The van der Waals surface area contributed by atoms with Gasteiger partial charge in [0.15, 0.2) is 0 Å². The number of hydrogen-bond acceptors (Lipinski definition) is 7. The number of pyridine rings is 1. The Morgan fingerprint density at radius 1 is 1.03 bits per heavy atom. The maximum absolute atomic E-state index is 13.7. The molecule has 3 aromatic heterocycles. The van der Waals surface area contributed by atoms with Crippen LogP contribution >= 0.6 is 11.6 Å². The third-order valence-electron chi connectivity index (χ3n) is 5.86. The van der Waals surface area contributed by atoms with Crippen LogP contribution in [0.1, 0.15) is 42.0 Å². The lowest BCUT2D eigenvalue weighted by atomic mass is 10.2. The Kier molecular flexibility index (Phi) is 7.17. The summed E-state index contributed by atoms with van der Waals surface area (Å²) in [5, 5.41) is 3.82. The Morgan fingerprint density at radius 2 is 1.82 bits per heavy atom. The number of rotatable bonds is 5. The van der Waals surface area contributed by atoms with E-state index in [0.717, 1.165) is 0 Å². The second-order valence-electron chi connectivity index (χ2n) is 8.45. The standard InChI is InChI=1S/C28H20ClF2N7O/c1-16(27-37-22-9-5-8-21(29)23(22)28(39)38(27)19-6-3-2-4-7-19)36-26-20(25(32)34-15-35-26)11-10-18-14-17(24(30)31)12-13-33-18/h2-9,12-16,24H,1H3,(H3,32,34,35,36)/t16-/m0/s1. The van der Waals surface area contributed by atoms with Crippen LogP contribution in [-0.4, -0.2) is 24.5 Å². The average molecular weight is 544 g/mol. The zero-order chi connectivity index (χ0) is 27.5. The van der Waals surface area contributed by atoms with Gasteiger partial charge in [-0.05, 0) is 49.2 Å². The van der Waals surface area contributed by atoms with Crippen molar-refractivity contribution in [2.24, 2.45) is 0 Å². The number of aromatic nitrogens is 5. The molecule has 0 saturated heterocycles. The van der Waals surface area contributed by atoms with E-state index in [2.05, 4.69) is 32.1 Å². The number of benzene rings is 2. The Balaban J connectivity index is 1.59. The predicted molar refractivity (Wildman–Crippen MR) is 146 cm³/mol. The smallest absolute Gasteiger partial charge is 0.267 e. The van der Waals surface area contributed by atoms with Crippen molar-refractivity contribution in [3.05, 3.63) is 111 Å². The van der Waals surface area contributed by atoms with E-state index in [1.54, 1.807) is 37.3 Å². The summed E-state index contributed by atoms with van der Waals surface area (Å²) in [6.07, 6.45) is -0.121. The van der Waals surface area contributed by atoms with E-state index < -0.39 is 12.5 Å². The van der Waals surface area contributed by atoms with Gasteiger partial charge in [-0.1, -0.05) is 41.8 Å². The van der Waals surface area contributed by atoms with Gasteiger partial charge in [0.25, 0.3) is 12.0 Å². The van der Waals surface area contributed by atoms with E-state index in [0.29, 0.717) is 27.4 Å². The predicted octanol–water partition coefficient (Wildman–Crippen LogP) is 5.32. The van der Waals surface area contributed by atoms with Crippen molar-refractivity contribution in [3.8, 4) is 17.5 Å². The summed E-state index contributed by atoms with van der Waals surface area (Å²) in [4.78, 5) is 30.7. The molecular weight excluding hydrogens is 524 g/mol. The van der Waals surface area contributed by atoms with Crippen LogP contribution in [0.2, 0.25) is 5.02 Å². The highest BCUT2D eigenvalue weighted by molar-refractivity contribution is 6.35. The van der Waals surface area contributed by atoms with Crippen LogP contribution in [0, 0.1) is 11.8 Å². The number of nitrogens with one attached hydrogen (secondary N) is 1. The second-order valence-corrected chi connectivity index (χ2v) is 8.86. The molecule has 5 aromatic rings. The molecule has 194 valence electrons. The molecule has 39 heavy (non-hydrogen) atoms. The Hall–Kier alpha value is -4.88. The van der Waals surface area contributed by atoms with E-state index in [9.17, 15) is 13.6 Å². The summed E-state index contributed by atoms with van der Waals surface area (Å²) in [7, 11) is 0. The zero-order valence-corrected chi connectivity index (χ0v) is 21.2. The molecule has 3 N–H and O–H groups in total. The molecule has 2 aromatic carbocycles. The molecule has 0 spiro atoms. The van der Waals surface area contributed by atoms with Crippen molar-refractivity contribution in [1.82, 2.24) is 24.5 Å². The van der Waals surface area contributed by atoms with Gasteiger partial charge in [0.05, 0.1) is 27.7 Å². The number of nitrogens with zero attached hydrogens (tertiary/aromatic N) is 5. The van der Waals surface area contributed by atoms with Crippen LogP contribution in [-0.2, 0) is 0 Å². The summed E-state index contributed by atoms with van der Waals surface area (Å²) < 4.78 is 27.7. The summed E-state index contributed by atoms with van der Waals surface area (Å²) in [6, 6.07) is 16.0. The minimum Gasteiger partial charge on any atom is -0.382 e. The molecule has 0 aliphatic carbocycles. The molecule has 0 bridgehead atoms. The number of hydrogen-bond donors (Lipinski definition) is 2. The molecule has 0 aliphatic heterocycles. The van der Waals surface area contributed by atoms with Crippen molar-refractivity contribution in [3.63, 3.8) is 0 Å². The molecule has 0 fully saturated rings. The summed E-state index contributed by atoms with van der Waals surface area (Å²) >= 11 is 6.37. The van der Waals surface area contributed by atoms with Gasteiger partial charge in [0, 0.05) is 11.8 Å². The maximum Gasteiger partial charge on any atom is 0.267 e. The Morgan fingerprint density at radius 3 is 2.59 bits per heavy atom. The first-order chi connectivity index (χ1) is 18.8. The summed E-state index contributed by atoms with van der Waals surface area (Å²) in [5.41, 5.74) is 7.00. The van der Waals surface area contributed by atoms with Gasteiger partial charge < -0.3 is 11.1 Å². The monoisotopic (exact) mass is 543 g/mol. The fourth-order valence-corrected chi connectivity index (χ4v) is 4.25. The minimum atomic E-state index is -2.65. The zero-order valence-electron chi connectivity index (χ0n) is 20.4. The van der Waals surface area contributed by atoms with Crippen LogP contribution in [0.25, 0.3) is 16.6 Å². The first kappa shape index (κ1) is 25.8. The lowest BCUT2D eigenvalue weighted by molar-refractivity contribution is 0.151. The number of para-hydroxylation sites is 1. The van der Waals surface area contributed by atoms with Gasteiger partial charge in [-0.2, -0.15) is 0 Å². The number of alkyl halides is 2. The quantitative estimate of drug-likeness (QED) is 0.289. The number of fused-ring (bicyclic) bond motifs is 1. The third-order valence-corrected chi connectivity index (χ3v) is 6.17. The molecule has 8 nitrogen and oxygen atoms in total. The molecule has 11 heteroatoms. The lowest BCUT2D eigenvalue weighted by Gasteiger charge is -2.21. The van der Waals surface area contributed by atoms with Gasteiger partial charge >= 0.3 is 0 Å². The first-order valence-corrected chi connectivity index (χ1v) is 12.1. The van der Waals surface area contributed by atoms with E-state index in [4.69, 9.17) is 22.3 Å². The van der Waals surface area contributed by atoms with Crippen LogP contribution in [0.5, 0.6) is 0 Å². The molecule has 0 saturated carbocycles. The van der Waals surface area contributed by atoms with Crippen LogP contribution < -0.4 is 16.6 Å². The van der Waals surface area contributed by atoms with E-state index >= 15 is 0 Å². The van der Waals surface area contributed by atoms with Crippen molar-refractivity contribution in [1.29, 1.82) is 0 Å². The lowest BCUT2D eigenvalue weighted by Crippen LogP contribution is -2.27. The number of halogens is 3. The summed E-state index contributed by atoms with van der Waals surface area (Å²) in [5.74, 6) is 6.33. The molecule has 5 rings (SSSR count).